The smallest absolute Gasteiger partial charge is 0.350 e. The Morgan fingerprint density at radius 2 is 1.79 bits per heavy atom. The lowest BCUT2D eigenvalue weighted by atomic mass is 10.1. The number of carbonyl (C=O) groups is 2. The molecule has 152 valence electrons. The fourth-order valence-electron chi connectivity index (χ4n) is 2.37. The number of hydrogen-bond acceptors (Lipinski definition) is 3. The molecule has 0 aliphatic heterocycles. The molecule has 29 heavy (non-hydrogen) atoms. The molecule has 0 bridgehead atoms. The Morgan fingerprint density at radius 1 is 1.17 bits per heavy atom. The molecule has 6 nitrogen and oxygen atoms in total. The lowest BCUT2D eigenvalue weighted by molar-refractivity contribution is -0.138. The number of hydroxylamine groups is 2. The Kier molecular flexibility index (Phi) is 6.85. The van der Waals surface area contributed by atoms with Crippen molar-refractivity contribution in [1.82, 2.24) is 10.4 Å². The van der Waals surface area contributed by atoms with Gasteiger partial charge in [-0.25, -0.2) is 4.79 Å². The molecule has 0 radical (unpaired) electrons. The van der Waals surface area contributed by atoms with E-state index in [1.54, 1.807) is 0 Å². The van der Waals surface area contributed by atoms with Crippen LogP contribution in [0.5, 0.6) is 0 Å². The summed E-state index contributed by atoms with van der Waals surface area (Å²) in [4.78, 5) is 23.0. The van der Waals surface area contributed by atoms with E-state index in [1.165, 1.54) is 49.4 Å². The van der Waals surface area contributed by atoms with Crippen molar-refractivity contribution in [2.24, 2.45) is 5.73 Å². The van der Waals surface area contributed by atoms with Gasteiger partial charge in [0.1, 0.15) is 6.04 Å². The molecule has 1 atom stereocenters. The summed E-state index contributed by atoms with van der Waals surface area (Å²) in [7, 11) is 0. The number of nitrogens with zero attached hydrogens (tertiary/aromatic N) is 1. The van der Waals surface area contributed by atoms with E-state index in [2.05, 4.69) is 17.2 Å². The molecule has 0 fully saturated rings. The molecule has 0 aliphatic carbocycles. The van der Waals surface area contributed by atoms with Crippen molar-refractivity contribution in [3.8, 4) is 11.8 Å². The standard InChI is InChI=1S/C20H18F3N3O3/c1-13(26(29)19(24)28)6-7-14-8-10-15(11-9-14)18(27)25-12-16-4-2-3-5-17(16)20(21,22)23/h2-5,8-11,13,29H,12H2,1H3,(H2,24,28)(H,25,27). The van der Waals surface area contributed by atoms with Crippen LogP contribution in [0.15, 0.2) is 48.5 Å². The summed E-state index contributed by atoms with van der Waals surface area (Å²) in [6.07, 6.45) is -4.50. The number of halogens is 3. The third-order valence-electron chi connectivity index (χ3n) is 3.93. The molecular weight excluding hydrogens is 387 g/mol. The summed E-state index contributed by atoms with van der Waals surface area (Å²) >= 11 is 0. The highest BCUT2D eigenvalue weighted by Crippen LogP contribution is 2.31. The first-order valence-electron chi connectivity index (χ1n) is 8.42. The second-order valence-corrected chi connectivity index (χ2v) is 6.04. The average Bonchev–Trinajstić information content (AvgIpc) is 2.69. The summed E-state index contributed by atoms with van der Waals surface area (Å²) in [6.45, 7) is 1.20. The Balaban J connectivity index is 2.03. The zero-order valence-corrected chi connectivity index (χ0v) is 15.3. The second kappa shape index (κ2) is 9.12. The number of carbonyl (C=O) groups excluding carboxylic acids is 2. The summed E-state index contributed by atoms with van der Waals surface area (Å²) in [5.74, 6) is 4.79. The Hall–Kier alpha value is -3.51. The van der Waals surface area contributed by atoms with Crippen molar-refractivity contribution in [1.29, 1.82) is 0 Å². The van der Waals surface area contributed by atoms with Crippen molar-refractivity contribution in [3.05, 3.63) is 70.8 Å². The van der Waals surface area contributed by atoms with Gasteiger partial charge in [0.25, 0.3) is 5.91 Å². The lowest BCUT2D eigenvalue weighted by Gasteiger charge is -2.14. The maximum atomic E-state index is 13.0. The molecule has 2 aromatic carbocycles. The normalized spacial score (nSPS) is 11.8. The number of primary amides is 1. The second-order valence-electron chi connectivity index (χ2n) is 6.04. The largest absolute Gasteiger partial charge is 0.416 e. The van der Waals surface area contributed by atoms with E-state index in [0.29, 0.717) is 5.56 Å². The molecule has 9 heteroatoms. The van der Waals surface area contributed by atoms with Gasteiger partial charge in [0.2, 0.25) is 0 Å². The first kappa shape index (κ1) is 21.8. The van der Waals surface area contributed by atoms with Gasteiger partial charge >= 0.3 is 12.2 Å². The zero-order valence-electron chi connectivity index (χ0n) is 15.3. The van der Waals surface area contributed by atoms with E-state index in [4.69, 9.17) is 5.73 Å². The summed E-state index contributed by atoms with van der Waals surface area (Å²) < 4.78 is 39.0. The van der Waals surface area contributed by atoms with E-state index < -0.39 is 29.7 Å². The minimum atomic E-state index is -4.50. The molecule has 0 heterocycles. The molecule has 0 spiro atoms. The predicted molar refractivity (Wildman–Crippen MR) is 98.6 cm³/mol. The van der Waals surface area contributed by atoms with Gasteiger partial charge in [-0.3, -0.25) is 10.0 Å². The minimum absolute atomic E-state index is 0.0344. The fourth-order valence-corrected chi connectivity index (χ4v) is 2.37. The van der Waals surface area contributed by atoms with Crippen LogP contribution in [0.25, 0.3) is 0 Å². The third kappa shape index (κ3) is 5.99. The Bertz CT molecular complexity index is 947. The van der Waals surface area contributed by atoms with E-state index in [-0.39, 0.29) is 22.7 Å². The van der Waals surface area contributed by atoms with Crippen LogP contribution >= 0.6 is 0 Å². The predicted octanol–water partition coefficient (Wildman–Crippen LogP) is 3.15. The molecular formula is C20H18F3N3O3. The van der Waals surface area contributed by atoms with Crippen molar-refractivity contribution < 1.29 is 28.0 Å². The van der Waals surface area contributed by atoms with E-state index >= 15 is 0 Å². The number of amides is 3. The van der Waals surface area contributed by atoms with Crippen LogP contribution in [0, 0.1) is 11.8 Å². The van der Waals surface area contributed by atoms with Crippen molar-refractivity contribution in [2.75, 3.05) is 0 Å². The van der Waals surface area contributed by atoms with Gasteiger partial charge in [0.05, 0.1) is 5.56 Å². The van der Waals surface area contributed by atoms with Gasteiger partial charge in [0, 0.05) is 17.7 Å². The van der Waals surface area contributed by atoms with Crippen LogP contribution in [0.4, 0.5) is 18.0 Å². The van der Waals surface area contributed by atoms with E-state index in [0.717, 1.165) is 6.07 Å². The molecule has 2 rings (SSSR count). The van der Waals surface area contributed by atoms with Crippen LogP contribution in [0.1, 0.15) is 34.0 Å². The Labute approximate surface area is 165 Å². The quantitative estimate of drug-likeness (QED) is 0.414. The topological polar surface area (TPSA) is 95.7 Å². The molecule has 3 amide bonds. The highest BCUT2D eigenvalue weighted by molar-refractivity contribution is 5.94. The summed E-state index contributed by atoms with van der Waals surface area (Å²) in [6, 6.07) is 9.14. The number of urea groups is 1. The fraction of sp³-hybridized carbons (Fsp3) is 0.200. The number of hydrogen-bond donors (Lipinski definition) is 3. The Morgan fingerprint density at radius 3 is 2.38 bits per heavy atom. The van der Waals surface area contributed by atoms with Crippen LogP contribution < -0.4 is 11.1 Å². The van der Waals surface area contributed by atoms with Crippen molar-refractivity contribution in [3.63, 3.8) is 0 Å². The van der Waals surface area contributed by atoms with Gasteiger partial charge in [-0.1, -0.05) is 30.0 Å². The van der Waals surface area contributed by atoms with Gasteiger partial charge in [0.15, 0.2) is 0 Å². The third-order valence-corrected chi connectivity index (χ3v) is 3.93. The van der Waals surface area contributed by atoms with Crippen LogP contribution in [0.2, 0.25) is 0 Å². The van der Waals surface area contributed by atoms with Crippen molar-refractivity contribution in [2.45, 2.75) is 25.7 Å². The molecule has 4 N–H and O–H groups in total. The number of nitrogens with one attached hydrogen (secondary N) is 1. The maximum Gasteiger partial charge on any atom is 0.416 e. The number of nitrogens with two attached hydrogens (primary N) is 1. The maximum absolute atomic E-state index is 13.0. The molecule has 0 aliphatic rings. The van der Waals surface area contributed by atoms with Crippen LogP contribution in [0.3, 0.4) is 0 Å². The average molecular weight is 405 g/mol. The minimum Gasteiger partial charge on any atom is -0.350 e. The molecule has 0 saturated heterocycles. The SMILES string of the molecule is CC(C#Cc1ccc(C(=O)NCc2ccccc2C(F)(F)F)cc1)N(O)C(N)=O. The highest BCUT2D eigenvalue weighted by atomic mass is 19.4. The molecule has 0 saturated carbocycles. The number of rotatable bonds is 4. The van der Waals surface area contributed by atoms with E-state index in [1.807, 2.05) is 0 Å². The van der Waals surface area contributed by atoms with Gasteiger partial charge < -0.3 is 11.1 Å². The van der Waals surface area contributed by atoms with Crippen LogP contribution in [-0.4, -0.2) is 28.3 Å². The molecule has 0 aromatic heterocycles. The number of alkyl halides is 3. The summed E-state index contributed by atoms with van der Waals surface area (Å²) in [5, 5.41) is 12.1. The molecule has 2 aromatic rings. The summed E-state index contributed by atoms with van der Waals surface area (Å²) in [5.41, 5.74) is 4.85. The zero-order chi connectivity index (χ0) is 21.6. The number of benzene rings is 2. The van der Waals surface area contributed by atoms with E-state index in [9.17, 15) is 28.0 Å². The highest BCUT2D eigenvalue weighted by Gasteiger charge is 2.32. The molecule has 1 unspecified atom stereocenters. The van der Waals surface area contributed by atoms with Gasteiger partial charge in [-0.15, -0.1) is 0 Å². The van der Waals surface area contributed by atoms with Gasteiger partial charge in [-0.05, 0) is 42.8 Å². The van der Waals surface area contributed by atoms with Crippen LogP contribution in [-0.2, 0) is 12.7 Å². The first-order valence-corrected chi connectivity index (χ1v) is 8.42. The van der Waals surface area contributed by atoms with Gasteiger partial charge in [-0.2, -0.15) is 18.2 Å². The monoisotopic (exact) mass is 405 g/mol. The first-order chi connectivity index (χ1) is 13.6. The van der Waals surface area contributed by atoms with Crippen molar-refractivity contribution >= 4 is 11.9 Å². The lowest BCUT2D eigenvalue weighted by Crippen LogP contribution is -2.38.